The van der Waals surface area contributed by atoms with Gasteiger partial charge in [-0.15, -0.1) is 0 Å². The maximum Gasteiger partial charge on any atom is 0.181 e. The van der Waals surface area contributed by atoms with Crippen LogP contribution < -0.4 is 4.90 Å². The largest absolute Gasteiger partial charge is 0.443 e. The molecular formula is C13H18N2O2. The minimum Gasteiger partial charge on any atom is -0.443 e. The molecule has 4 heteroatoms. The van der Waals surface area contributed by atoms with Crippen molar-refractivity contribution in [2.24, 2.45) is 5.92 Å². The third-order valence-electron chi connectivity index (χ3n) is 3.12. The summed E-state index contributed by atoms with van der Waals surface area (Å²) in [5.41, 5.74) is 2.75. The van der Waals surface area contributed by atoms with Crippen LogP contribution in [0.25, 0.3) is 11.1 Å². The van der Waals surface area contributed by atoms with Gasteiger partial charge >= 0.3 is 0 Å². The van der Waals surface area contributed by atoms with E-state index in [4.69, 9.17) is 4.42 Å². The van der Waals surface area contributed by atoms with Gasteiger partial charge in [-0.3, -0.25) is 0 Å². The maximum atomic E-state index is 9.21. The summed E-state index contributed by atoms with van der Waals surface area (Å²) in [6.45, 7) is 3.16. The Bertz CT molecular complexity index is 477. The Balaban J connectivity index is 2.14. The van der Waals surface area contributed by atoms with Crippen molar-refractivity contribution in [3.63, 3.8) is 0 Å². The summed E-state index contributed by atoms with van der Waals surface area (Å²) in [7, 11) is 2.02. The number of rotatable bonds is 5. The second-order valence-corrected chi connectivity index (χ2v) is 4.34. The summed E-state index contributed by atoms with van der Waals surface area (Å²) in [6, 6.07) is 5.95. The van der Waals surface area contributed by atoms with E-state index >= 15 is 0 Å². The smallest absolute Gasteiger partial charge is 0.181 e. The molecule has 0 saturated heterocycles. The van der Waals surface area contributed by atoms with Crippen LogP contribution in [0.3, 0.4) is 0 Å². The molecule has 4 nitrogen and oxygen atoms in total. The van der Waals surface area contributed by atoms with Crippen LogP contribution in [-0.2, 0) is 0 Å². The van der Waals surface area contributed by atoms with Crippen molar-refractivity contribution in [2.75, 3.05) is 25.1 Å². The van der Waals surface area contributed by atoms with E-state index in [1.165, 1.54) is 6.39 Å². The molecule has 1 N–H and O–H groups in total. The Hall–Kier alpha value is -1.55. The molecule has 0 spiro atoms. The first kappa shape index (κ1) is 11.9. The standard InChI is InChI=1S/C13H18N2O2/c1-3-10(8-16)7-15(2)11-4-5-12-13(6-11)17-9-14-12/h4-6,9-10,16H,3,7-8H2,1-2H3. The minimum absolute atomic E-state index is 0.228. The number of benzene rings is 1. The van der Waals surface area contributed by atoms with Gasteiger partial charge < -0.3 is 14.4 Å². The van der Waals surface area contributed by atoms with Crippen LogP contribution in [-0.4, -0.2) is 30.3 Å². The lowest BCUT2D eigenvalue weighted by atomic mass is 10.1. The Labute approximate surface area is 101 Å². The van der Waals surface area contributed by atoms with E-state index < -0.39 is 0 Å². The van der Waals surface area contributed by atoms with Crippen LogP contribution in [0.4, 0.5) is 5.69 Å². The van der Waals surface area contributed by atoms with Crippen molar-refractivity contribution < 1.29 is 9.52 Å². The third kappa shape index (κ3) is 2.58. The lowest BCUT2D eigenvalue weighted by Crippen LogP contribution is -2.26. The molecule has 0 fully saturated rings. The average Bonchev–Trinajstić information content (AvgIpc) is 2.82. The van der Waals surface area contributed by atoms with Crippen LogP contribution in [0.2, 0.25) is 0 Å². The SMILES string of the molecule is CCC(CO)CN(C)c1ccc2ncoc2c1. The lowest BCUT2D eigenvalue weighted by molar-refractivity contribution is 0.225. The number of hydrogen-bond donors (Lipinski definition) is 1. The molecule has 2 rings (SSSR count). The van der Waals surface area contributed by atoms with Gasteiger partial charge in [0, 0.05) is 32.0 Å². The molecule has 1 unspecified atom stereocenters. The minimum atomic E-state index is 0.228. The fourth-order valence-electron chi connectivity index (χ4n) is 1.89. The van der Waals surface area contributed by atoms with Crippen molar-refractivity contribution in [3.8, 4) is 0 Å². The lowest BCUT2D eigenvalue weighted by Gasteiger charge is -2.23. The zero-order valence-corrected chi connectivity index (χ0v) is 10.3. The van der Waals surface area contributed by atoms with Gasteiger partial charge in [-0.05, 0) is 24.5 Å². The van der Waals surface area contributed by atoms with E-state index in [-0.39, 0.29) is 6.61 Å². The molecule has 92 valence electrons. The first-order chi connectivity index (χ1) is 8.24. The van der Waals surface area contributed by atoms with Gasteiger partial charge in [0.2, 0.25) is 0 Å². The number of aliphatic hydroxyl groups is 1. The molecule has 0 aliphatic carbocycles. The van der Waals surface area contributed by atoms with Gasteiger partial charge in [0.25, 0.3) is 0 Å². The molecule has 0 aliphatic rings. The third-order valence-corrected chi connectivity index (χ3v) is 3.12. The predicted molar refractivity (Wildman–Crippen MR) is 68.1 cm³/mol. The topological polar surface area (TPSA) is 49.5 Å². The number of fused-ring (bicyclic) bond motifs is 1. The quantitative estimate of drug-likeness (QED) is 0.862. The highest BCUT2D eigenvalue weighted by Gasteiger charge is 2.10. The molecule has 0 radical (unpaired) electrons. The highest BCUT2D eigenvalue weighted by Crippen LogP contribution is 2.21. The summed E-state index contributed by atoms with van der Waals surface area (Å²) in [5.74, 6) is 0.311. The number of oxazole rings is 1. The van der Waals surface area contributed by atoms with Crippen LogP contribution in [0.15, 0.2) is 29.0 Å². The van der Waals surface area contributed by atoms with Crippen molar-refractivity contribution in [2.45, 2.75) is 13.3 Å². The van der Waals surface area contributed by atoms with Crippen LogP contribution >= 0.6 is 0 Å². The van der Waals surface area contributed by atoms with E-state index in [0.29, 0.717) is 5.92 Å². The molecule has 0 bridgehead atoms. The fourth-order valence-corrected chi connectivity index (χ4v) is 1.89. The molecule has 1 atom stereocenters. The summed E-state index contributed by atoms with van der Waals surface area (Å²) < 4.78 is 5.28. The van der Waals surface area contributed by atoms with Gasteiger partial charge in [0.05, 0.1) is 0 Å². The second-order valence-electron chi connectivity index (χ2n) is 4.34. The second kappa shape index (κ2) is 5.19. The number of nitrogens with zero attached hydrogens (tertiary/aromatic N) is 2. The number of aliphatic hydroxyl groups excluding tert-OH is 1. The first-order valence-electron chi connectivity index (χ1n) is 5.89. The summed E-state index contributed by atoms with van der Waals surface area (Å²) in [6.07, 6.45) is 2.43. The molecule has 0 amide bonds. The molecule has 17 heavy (non-hydrogen) atoms. The van der Waals surface area contributed by atoms with E-state index in [2.05, 4.69) is 16.8 Å². The van der Waals surface area contributed by atoms with Gasteiger partial charge in [0.15, 0.2) is 12.0 Å². The van der Waals surface area contributed by atoms with Crippen LogP contribution in [0.5, 0.6) is 0 Å². The zero-order chi connectivity index (χ0) is 12.3. The number of aromatic nitrogens is 1. The van der Waals surface area contributed by atoms with Gasteiger partial charge in [-0.1, -0.05) is 6.92 Å². The highest BCUT2D eigenvalue weighted by molar-refractivity contribution is 5.76. The van der Waals surface area contributed by atoms with E-state index in [1.807, 2.05) is 25.2 Å². The Morgan fingerprint density at radius 2 is 2.29 bits per heavy atom. The zero-order valence-electron chi connectivity index (χ0n) is 10.3. The first-order valence-corrected chi connectivity index (χ1v) is 5.89. The Morgan fingerprint density at radius 3 is 3.00 bits per heavy atom. The van der Waals surface area contributed by atoms with Crippen molar-refractivity contribution in [1.82, 2.24) is 4.98 Å². The molecule has 0 saturated carbocycles. The average molecular weight is 234 g/mol. The van der Waals surface area contributed by atoms with Gasteiger partial charge in [-0.25, -0.2) is 4.98 Å². The molecule has 1 aromatic heterocycles. The monoisotopic (exact) mass is 234 g/mol. The van der Waals surface area contributed by atoms with E-state index in [9.17, 15) is 5.11 Å². The molecule has 1 heterocycles. The normalized spacial score (nSPS) is 12.9. The summed E-state index contributed by atoms with van der Waals surface area (Å²) in [4.78, 5) is 6.22. The van der Waals surface area contributed by atoms with Crippen LogP contribution in [0.1, 0.15) is 13.3 Å². The van der Waals surface area contributed by atoms with Crippen LogP contribution in [0, 0.1) is 5.92 Å². The Morgan fingerprint density at radius 1 is 1.47 bits per heavy atom. The highest BCUT2D eigenvalue weighted by atomic mass is 16.3. The number of anilines is 1. The number of hydrogen-bond acceptors (Lipinski definition) is 4. The van der Waals surface area contributed by atoms with Gasteiger partial charge in [0.1, 0.15) is 5.52 Å². The summed E-state index contributed by atoms with van der Waals surface area (Å²) in [5, 5.41) is 9.21. The van der Waals surface area contributed by atoms with E-state index in [1.54, 1.807) is 0 Å². The van der Waals surface area contributed by atoms with Crippen molar-refractivity contribution in [1.29, 1.82) is 0 Å². The molecule has 0 aliphatic heterocycles. The molecular weight excluding hydrogens is 216 g/mol. The van der Waals surface area contributed by atoms with Crippen molar-refractivity contribution in [3.05, 3.63) is 24.6 Å². The van der Waals surface area contributed by atoms with E-state index in [0.717, 1.165) is 29.8 Å². The fraction of sp³-hybridized carbons (Fsp3) is 0.462. The summed E-state index contributed by atoms with van der Waals surface area (Å²) >= 11 is 0. The van der Waals surface area contributed by atoms with Crippen molar-refractivity contribution >= 4 is 16.8 Å². The molecule has 2 aromatic rings. The maximum absolute atomic E-state index is 9.21. The Kier molecular flexibility index (Phi) is 3.64. The van der Waals surface area contributed by atoms with Gasteiger partial charge in [-0.2, -0.15) is 0 Å². The molecule has 1 aromatic carbocycles. The predicted octanol–water partition coefficient (Wildman–Crippen LogP) is 2.28.